The number of sulfone groups is 1. The number of rotatable bonds is 3. The molecule has 0 radical (unpaired) electrons. The van der Waals surface area contributed by atoms with Gasteiger partial charge >= 0.3 is 0 Å². The summed E-state index contributed by atoms with van der Waals surface area (Å²) in [4.78, 5) is 0.377. The second-order valence-electron chi connectivity index (χ2n) is 3.84. The lowest BCUT2D eigenvalue weighted by Crippen LogP contribution is -2.23. The maximum absolute atomic E-state index is 12.2. The first-order valence-electron chi connectivity index (χ1n) is 5.23. The molecule has 0 spiro atoms. The van der Waals surface area contributed by atoms with E-state index in [9.17, 15) is 8.42 Å². The standard InChI is InChI=1S/C11H15NO3S/c1-15-9-2-4-10(5-3-9)16(13,14)11-6-7-12-8-11/h2-5,11-12H,6-8H2,1H3/t11-/m0/s1. The number of nitrogens with one attached hydrogen (secondary N) is 1. The summed E-state index contributed by atoms with van der Waals surface area (Å²) in [5, 5.41) is 2.78. The summed E-state index contributed by atoms with van der Waals surface area (Å²) in [6.45, 7) is 1.33. The smallest absolute Gasteiger partial charge is 0.182 e. The van der Waals surface area contributed by atoms with Crippen LogP contribution in [0.15, 0.2) is 29.2 Å². The molecule has 88 valence electrons. The summed E-state index contributed by atoms with van der Waals surface area (Å²) in [7, 11) is -1.62. The molecule has 5 heteroatoms. The van der Waals surface area contributed by atoms with E-state index < -0.39 is 9.84 Å². The molecule has 1 aromatic rings. The monoisotopic (exact) mass is 241 g/mol. The van der Waals surface area contributed by atoms with Crippen LogP contribution in [0.5, 0.6) is 5.75 Å². The van der Waals surface area contributed by atoms with E-state index in [1.54, 1.807) is 31.4 Å². The first-order chi connectivity index (χ1) is 7.64. The lowest BCUT2D eigenvalue weighted by molar-refractivity contribution is 0.414. The van der Waals surface area contributed by atoms with Gasteiger partial charge in [-0.3, -0.25) is 0 Å². The summed E-state index contributed by atoms with van der Waals surface area (Å²) in [6.07, 6.45) is 0.689. The van der Waals surface area contributed by atoms with E-state index in [-0.39, 0.29) is 5.25 Å². The Kier molecular flexibility index (Phi) is 3.16. The molecule has 1 aromatic carbocycles. The molecule has 0 aromatic heterocycles. The summed E-state index contributed by atoms with van der Waals surface area (Å²) >= 11 is 0. The van der Waals surface area contributed by atoms with Crippen molar-refractivity contribution in [3.8, 4) is 5.75 Å². The van der Waals surface area contributed by atoms with Gasteiger partial charge in [-0.15, -0.1) is 0 Å². The predicted molar refractivity (Wildman–Crippen MR) is 61.5 cm³/mol. The molecule has 1 aliphatic heterocycles. The largest absolute Gasteiger partial charge is 0.497 e. The second-order valence-corrected chi connectivity index (χ2v) is 6.06. The molecule has 4 nitrogen and oxygen atoms in total. The van der Waals surface area contributed by atoms with E-state index in [4.69, 9.17) is 4.74 Å². The normalized spacial score (nSPS) is 20.9. The Morgan fingerprint density at radius 1 is 1.31 bits per heavy atom. The van der Waals surface area contributed by atoms with Crippen LogP contribution >= 0.6 is 0 Å². The molecule has 0 aliphatic carbocycles. The van der Waals surface area contributed by atoms with Crippen LogP contribution in [0.4, 0.5) is 0 Å². The van der Waals surface area contributed by atoms with E-state index in [1.807, 2.05) is 0 Å². The third kappa shape index (κ3) is 2.05. The van der Waals surface area contributed by atoms with Gasteiger partial charge in [-0.05, 0) is 37.2 Å². The Bertz CT molecular complexity index is 447. The van der Waals surface area contributed by atoms with Crippen molar-refractivity contribution < 1.29 is 13.2 Å². The molecule has 1 N–H and O–H groups in total. The average Bonchev–Trinajstić information content (AvgIpc) is 2.83. The Balaban J connectivity index is 2.28. The first-order valence-corrected chi connectivity index (χ1v) is 6.78. The number of benzene rings is 1. The van der Waals surface area contributed by atoms with Crippen molar-refractivity contribution in [3.63, 3.8) is 0 Å². The first kappa shape index (κ1) is 11.4. The van der Waals surface area contributed by atoms with E-state index in [1.165, 1.54) is 0 Å². The summed E-state index contributed by atoms with van der Waals surface area (Å²) < 4.78 is 29.3. The zero-order valence-electron chi connectivity index (χ0n) is 9.14. The van der Waals surface area contributed by atoms with E-state index in [0.717, 1.165) is 6.54 Å². The van der Waals surface area contributed by atoms with E-state index in [0.29, 0.717) is 23.6 Å². The van der Waals surface area contributed by atoms with Gasteiger partial charge in [0.05, 0.1) is 17.3 Å². The van der Waals surface area contributed by atoms with Gasteiger partial charge in [0, 0.05) is 6.54 Å². The molecule has 1 fully saturated rings. The lowest BCUT2D eigenvalue weighted by atomic mass is 10.3. The second kappa shape index (κ2) is 4.43. The van der Waals surface area contributed by atoms with Gasteiger partial charge in [-0.2, -0.15) is 0 Å². The Morgan fingerprint density at radius 2 is 2.00 bits per heavy atom. The van der Waals surface area contributed by atoms with Gasteiger partial charge in [0.2, 0.25) is 0 Å². The molecule has 16 heavy (non-hydrogen) atoms. The van der Waals surface area contributed by atoms with Gasteiger partial charge < -0.3 is 10.1 Å². The fourth-order valence-corrected chi connectivity index (χ4v) is 3.52. The maximum Gasteiger partial charge on any atom is 0.182 e. The highest BCUT2D eigenvalue weighted by Crippen LogP contribution is 2.22. The Labute approximate surface area is 95.5 Å². The minimum absolute atomic E-state index is 0.291. The maximum atomic E-state index is 12.2. The number of hydrogen-bond acceptors (Lipinski definition) is 4. The van der Waals surface area contributed by atoms with Crippen LogP contribution in [0.25, 0.3) is 0 Å². The van der Waals surface area contributed by atoms with Crippen molar-refractivity contribution in [2.75, 3.05) is 20.2 Å². The predicted octanol–water partition coefficient (Wildman–Crippen LogP) is 0.831. The highest BCUT2D eigenvalue weighted by atomic mass is 32.2. The van der Waals surface area contributed by atoms with Crippen molar-refractivity contribution in [2.45, 2.75) is 16.6 Å². The molecule has 1 aliphatic rings. The SMILES string of the molecule is COc1ccc(S(=O)(=O)[C@H]2CCNC2)cc1. The van der Waals surface area contributed by atoms with Gasteiger partial charge in [0.25, 0.3) is 0 Å². The van der Waals surface area contributed by atoms with Crippen LogP contribution in [0.1, 0.15) is 6.42 Å². The lowest BCUT2D eigenvalue weighted by Gasteiger charge is -2.10. The highest BCUT2D eigenvalue weighted by molar-refractivity contribution is 7.92. The van der Waals surface area contributed by atoms with Crippen LogP contribution in [0, 0.1) is 0 Å². The molecular formula is C11H15NO3S. The van der Waals surface area contributed by atoms with Gasteiger partial charge in [0.15, 0.2) is 9.84 Å². The van der Waals surface area contributed by atoms with Crippen LogP contribution in [0.2, 0.25) is 0 Å². The fourth-order valence-electron chi connectivity index (χ4n) is 1.85. The molecule has 0 bridgehead atoms. The van der Waals surface area contributed by atoms with Crippen molar-refractivity contribution in [1.82, 2.24) is 5.32 Å². The van der Waals surface area contributed by atoms with Crippen molar-refractivity contribution in [3.05, 3.63) is 24.3 Å². The molecule has 1 atom stereocenters. The third-order valence-electron chi connectivity index (χ3n) is 2.84. The van der Waals surface area contributed by atoms with Crippen molar-refractivity contribution in [2.24, 2.45) is 0 Å². The summed E-state index contributed by atoms with van der Waals surface area (Å²) in [5.41, 5.74) is 0. The number of methoxy groups -OCH3 is 1. The van der Waals surface area contributed by atoms with Gasteiger partial charge in [0.1, 0.15) is 5.75 Å². The number of ether oxygens (including phenoxy) is 1. The van der Waals surface area contributed by atoms with E-state index >= 15 is 0 Å². The molecule has 0 saturated carbocycles. The minimum Gasteiger partial charge on any atom is -0.497 e. The van der Waals surface area contributed by atoms with Crippen LogP contribution in [-0.4, -0.2) is 33.9 Å². The van der Waals surface area contributed by atoms with Crippen LogP contribution in [0.3, 0.4) is 0 Å². The van der Waals surface area contributed by atoms with Crippen LogP contribution < -0.4 is 10.1 Å². The molecule has 1 heterocycles. The average molecular weight is 241 g/mol. The van der Waals surface area contributed by atoms with Crippen LogP contribution in [-0.2, 0) is 9.84 Å². The third-order valence-corrected chi connectivity index (χ3v) is 5.05. The highest BCUT2D eigenvalue weighted by Gasteiger charge is 2.29. The summed E-state index contributed by atoms with van der Waals surface area (Å²) in [6, 6.07) is 6.56. The molecule has 0 unspecified atom stereocenters. The summed E-state index contributed by atoms with van der Waals surface area (Å²) in [5.74, 6) is 0.670. The Hall–Kier alpha value is -1.07. The fraction of sp³-hybridized carbons (Fsp3) is 0.455. The molecular weight excluding hydrogens is 226 g/mol. The molecule has 2 rings (SSSR count). The zero-order chi connectivity index (χ0) is 11.6. The number of hydrogen-bond donors (Lipinski definition) is 1. The topological polar surface area (TPSA) is 55.4 Å². The molecule has 1 saturated heterocycles. The quantitative estimate of drug-likeness (QED) is 0.851. The van der Waals surface area contributed by atoms with Crippen molar-refractivity contribution in [1.29, 1.82) is 0 Å². The van der Waals surface area contributed by atoms with Gasteiger partial charge in [-0.1, -0.05) is 0 Å². The van der Waals surface area contributed by atoms with Crippen molar-refractivity contribution >= 4 is 9.84 Å². The zero-order valence-corrected chi connectivity index (χ0v) is 9.96. The molecule has 0 amide bonds. The van der Waals surface area contributed by atoms with E-state index in [2.05, 4.69) is 5.32 Å². The minimum atomic E-state index is -3.18. The Morgan fingerprint density at radius 3 is 2.50 bits per heavy atom. The van der Waals surface area contributed by atoms with Gasteiger partial charge in [-0.25, -0.2) is 8.42 Å².